The fourth-order valence-corrected chi connectivity index (χ4v) is 3.16. The van der Waals surface area contributed by atoms with Gasteiger partial charge in [-0.05, 0) is 18.1 Å². The summed E-state index contributed by atoms with van der Waals surface area (Å²) >= 11 is 0. The summed E-state index contributed by atoms with van der Waals surface area (Å²) in [6.07, 6.45) is 4.87. The van der Waals surface area contributed by atoms with Crippen LogP contribution in [0.15, 0.2) is 30.4 Å². The van der Waals surface area contributed by atoms with Crippen LogP contribution in [-0.4, -0.2) is 30.2 Å². The summed E-state index contributed by atoms with van der Waals surface area (Å²) in [6.45, 7) is 0. The Morgan fingerprint density at radius 3 is 2.90 bits per heavy atom. The van der Waals surface area contributed by atoms with Crippen molar-refractivity contribution in [2.24, 2.45) is 5.92 Å². The van der Waals surface area contributed by atoms with Gasteiger partial charge in [0.05, 0.1) is 18.4 Å². The smallest absolute Gasteiger partial charge is 0.337 e. The summed E-state index contributed by atoms with van der Waals surface area (Å²) in [6, 6.07) is 4.69. The number of carboxylic acid groups (broad SMARTS) is 1. The van der Waals surface area contributed by atoms with Gasteiger partial charge in [0.25, 0.3) is 0 Å². The largest absolute Gasteiger partial charge is 0.478 e. The van der Waals surface area contributed by atoms with Gasteiger partial charge in [0.2, 0.25) is 0 Å². The zero-order chi connectivity index (χ0) is 14.3. The molecule has 0 amide bonds. The molecule has 0 saturated carbocycles. The lowest BCUT2D eigenvalue weighted by Crippen LogP contribution is -2.43. The van der Waals surface area contributed by atoms with Gasteiger partial charge >= 0.3 is 11.9 Å². The van der Waals surface area contributed by atoms with Gasteiger partial charge < -0.3 is 15.2 Å². The van der Waals surface area contributed by atoms with Crippen molar-refractivity contribution >= 4 is 17.6 Å². The minimum absolute atomic E-state index is 0.0645. The van der Waals surface area contributed by atoms with Crippen molar-refractivity contribution < 1.29 is 19.4 Å². The van der Waals surface area contributed by atoms with Crippen molar-refractivity contribution in [1.82, 2.24) is 0 Å². The third-order valence-corrected chi connectivity index (χ3v) is 4.08. The van der Waals surface area contributed by atoms with E-state index in [1.165, 1.54) is 7.11 Å². The molecule has 5 heteroatoms. The van der Waals surface area contributed by atoms with Crippen LogP contribution in [0.4, 0.5) is 5.69 Å². The van der Waals surface area contributed by atoms with Crippen LogP contribution in [0.3, 0.4) is 0 Å². The van der Waals surface area contributed by atoms with E-state index in [9.17, 15) is 14.7 Å². The van der Waals surface area contributed by atoms with Crippen LogP contribution in [0.5, 0.6) is 0 Å². The van der Waals surface area contributed by atoms with Gasteiger partial charge in [-0.3, -0.25) is 0 Å². The number of carboxylic acids is 1. The second-order valence-electron chi connectivity index (χ2n) is 5.07. The molecule has 0 saturated heterocycles. The van der Waals surface area contributed by atoms with Crippen molar-refractivity contribution in [2.75, 3.05) is 12.4 Å². The normalized spacial score (nSPS) is 26.4. The van der Waals surface area contributed by atoms with E-state index >= 15 is 0 Å². The van der Waals surface area contributed by atoms with Crippen LogP contribution < -0.4 is 5.32 Å². The molecule has 0 spiro atoms. The molecular weight excluding hydrogens is 258 g/mol. The number of hydrogen-bond acceptors (Lipinski definition) is 4. The number of rotatable bonds is 2. The number of benzene rings is 1. The molecule has 3 unspecified atom stereocenters. The summed E-state index contributed by atoms with van der Waals surface area (Å²) in [7, 11) is 1.35. The van der Waals surface area contributed by atoms with Crippen molar-refractivity contribution in [1.29, 1.82) is 0 Å². The van der Waals surface area contributed by atoms with Gasteiger partial charge in [-0.25, -0.2) is 9.59 Å². The standard InChI is InChI=1S/C15H15NO4/c1-20-15(19)13-10-6-2-4-8(10)9-5-3-7-11(14(17)18)12(9)16-13/h2-5,7-8,10,13,16H,6H2,1H3,(H,17,18). The fraction of sp³-hybridized carbons (Fsp3) is 0.333. The van der Waals surface area contributed by atoms with E-state index < -0.39 is 12.0 Å². The first-order valence-electron chi connectivity index (χ1n) is 6.50. The summed E-state index contributed by atoms with van der Waals surface area (Å²) in [5, 5.41) is 12.4. The zero-order valence-electron chi connectivity index (χ0n) is 11.0. The SMILES string of the molecule is COC(=O)C1Nc2c(C(=O)O)cccc2C2C=CCC12. The molecule has 1 heterocycles. The lowest BCUT2D eigenvalue weighted by molar-refractivity contribution is -0.143. The predicted molar refractivity (Wildman–Crippen MR) is 72.8 cm³/mol. The molecule has 104 valence electrons. The van der Waals surface area contributed by atoms with E-state index in [1.807, 2.05) is 18.2 Å². The average Bonchev–Trinajstić information content (AvgIpc) is 2.94. The third kappa shape index (κ3) is 1.78. The number of ether oxygens (including phenoxy) is 1. The maximum Gasteiger partial charge on any atom is 0.337 e. The van der Waals surface area contributed by atoms with Crippen molar-refractivity contribution in [2.45, 2.75) is 18.4 Å². The maximum atomic E-state index is 11.9. The Morgan fingerprint density at radius 2 is 2.20 bits per heavy atom. The van der Waals surface area contributed by atoms with Gasteiger partial charge in [-0.1, -0.05) is 24.3 Å². The number of esters is 1. The van der Waals surface area contributed by atoms with E-state index in [2.05, 4.69) is 5.32 Å². The maximum absolute atomic E-state index is 11.9. The number of carbonyl (C=O) groups excluding carboxylic acids is 1. The molecule has 3 atom stereocenters. The zero-order valence-corrected chi connectivity index (χ0v) is 11.0. The number of fused-ring (bicyclic) bond motifs is 3. The number of allylic oxidation sites excluding steroid dienone is 2. The molecular formula is C15H15NO4. The molecule has 1 aliphatic heterocycles. The third-order valence-electron chi connectivity index (χ3n) is 4.08. The molecule has 0 bridgehead atoms. The van der Waals surface area contributed by atoms with Crippen LogP contribution in [-0.2, 0) is 9.53 Å². The highest BCUT2D eigenvalue weighted by Gasteiger charge is 2.42. The molecule has 1 aromatic carbocycles. The molecule has 5 nitrogen and oxygen atoms in total. The molecule has 0 fully saturated rings. The number of nitrogens with one attached hydrogen (secondary N) is 1. The number of aromatic carboxylic acids is 1. The average molecular weight is 273 g/mol. The Kier molecular flexibility index (Phi) is 2.97. The van der Waals surface area contributed by atoms with Crippen LogP contribution >= 0.6 is 0 Å². The number of para-hydroxylation sites is 1. The molecule has 1 aromatic rings. The summed E-state index contributed by atoms with van der Waals surface area (Å²) in [4.78, 5) is 23.3. The Bertz CT molecular complexity index is 608. The van der Waals surface area contributed by atoms with Gasteiger partial charge in [0.1, 0.15) is 6.04 Å². The van der Waals surface area contributed by atoms with Gasteiger partial charge in [-0.2, -0.15) is 0 Å². The number of anilines is 1. The Labute approximate surface area is 116 Å². The van der Waals surface area contributed by atoms with Crippen LogP contribution in [0.25, 0.3) is 0 Å². The highest BCUT2D eigenvalue weighted by Crippen LogP contribution is 2.45. The second-order valence-corrected chi connectivity index (χ2v) is 5.07. The van der Waals surface area contributed by atoms with Gasteiger partial charge in [0.15, 0.2) is 0 Å². The summed E-state index contributed by atoms with van der Waals surface area (Å²) < 4.78 is 4.84. The van der Waals surface area contributed by atoms with E-state index in [1.54, 1.807) is 12.1 Å². The summed E-state index contributed by atoms with van der Waals surface area (Å²) in [5.74, 6) is -1.21. The number of methoxy groups -OCH3 is 1. The molecule has 20 heavy (non-hydrogen) atoms. The van der Waals surface area contributed by atoms with Crippen molar-refractivity contribution in [3.05, 3.63) is 41.5 Å². The first-order valence-corrected chi connectivity index (χ1v) is 6.50. The van der Waals surface area contributed by atoms with E-state index in [-0.39, 0.29) is 23.4 Å². The van der Waals surface area contributed by atoms with Crippen molar-refractivity contribution in [3.63, 3.8) is 0 Å². The highest BCUT2D eigenvalue weighted by molar-refractivity contribution is 5.97. The quantitative estimate of drug-likeness (QED) is 0.637. The number of carbonyl (C=O) groups is 2. The first kappa shape index (κ1) is 12.7. The van der Waals surface area contributed by atoms with Crippen LogP contribution in [0, 0.1) is 5.92 Å². The Morgan fingerprint density at radius 1 is 1.40 bits per heavy atom. The lowest BCUT2D eigenvalue weighted by Gasteiger charge is -2.36. The van der Waals surface area contributed by atoms with Gasteiger partial charge in [-0.15, -0.1) is 0 Å². The van der Waals surface area contributed by atoms with E-state index in [0.29, 0.717) is 5.69 Å². The summed E-state index contributed by atoms with van der Waals surface area (Å²) in [5.41, 5.74) is 1.65. The molecule has 3 rings (SSSR count). The van der Waals surface area contributed by atoms with Crippen molar-refractivity contribution in [3.8, 4) is 0 Å². The predicted octanol–water partition coefficient (Wildman–Crippen LogP) is 2.01. The Balaban J connectivity index is 2.11. The lowest BCUT2D eigenvalue weighted by atomic mass is 9.78. The minimum atomic E-state index is -1.00. The molecule has 2 N–H and O–H groups in total. The second kappa shape index (κ2) is 4.67. The highest BCUT2D eigenvalue weighted by atomic mass is 16.5. The van der Waals surface area contributed by atoms with Crippen LogP contribution in [0.1, 0.15) is 28.3 Å². The Hall–Kier alpha value is -2.30. The monoisotopic (exact) mass is 273 g/mol. The molecule has 1 aliphatic carbocycles. The van der Waals surface area contributed by atoms with Crippen LogP contribution in [0.2, 0.25) is 0 Å². The molecule has 2 aliphatic rings. The topological polar surface area (TPSA) is 75.6 Å². The fourth-order valence-electron chi connectivity index (χ4n) is 3.16. The van der Waals surface area contributed by atoms with Gasteiger partial charge in [0, 0.05) is 11.8 Å². The minimum Gasteiger partial charge on any atom is -0.478 e. The number of hydrogen-bond donors (Lipinski definition) is 2. The first-order chi connectivity index (χ1) is 9.63. The molecule has 0 radical (unpaired) electrons. The molecule has 0 aromatic heterocycles. The van der Waals surface area contributed by atoms with E-state index in [4.69, 9.17) is 4.74 Å². The van der Waals surface area contributed by atoms with E-state index in [0.717, 1.165) is 12.0 Å².